The molecule has 3 rings (SSSR count). The van der Waals surface area contributed by atoms with E-state index in [-0.39, 0.29) is 6.04 Å². The van der Waals surface area contributed by atoms with Crippen LogP contribution >= 0.6 is 11.6 Å². The number of benzene rings is 1. The van der Waals surface area contributed by atoms with E-state index < -0.39 is 5.00 Å². The van der Waals surface area contributed by atoms with Crippen LogP contribution in [-0.4, -0.2) is 54.1 Å². The third-order valence-electron chi connectivity index (χ3n) is 6.34. The Morgan fingerprint density at radius 1 is 1.07 bits per heavy atom. The van der Waals surface area contributed by atoms with Gasteiger partial charge in [-0.2, -0.15) is 0 Å². The lowest BCUT2D eigenvalue weighted by atomic mass is 9.86. The summed E-state index contributed by atoms with van der Waals surface area (Å²) in [6.45, 7) is 13.2. The van der Waals surface area contributed by atoms with Crippen LogP contribution in [0.3, 0.4) is 0 Å². The quantitative estimate of drug-likeness (QED) is 0.428. The number of nitrogens with zero attached hydrogens (tertiary/aromatic N) is 2. The summed E-state index contributed by atoms with van der Waals surface area (Å²) in [5.41, 5.74) is 4.21. The van der Waals surface area contributed by atoms with Crippen LogP contribution in [0.2, 0.25) is 0 Å². The van der Waals surface area contributed by atoms with Crippen LogP contribution in [0.5, 0.6) is 0 Å². The summed E-state index contributed by atoms with van der Waals surface area (Å²) in [6, 6.07) is 11.2. The van der Waals surface area contributed by atoms with Gasteiger partial charge in [0.15, 0.2) is 0 Å². The number of hydrogen-bond donors (Lipinski definition) is 1. The van der Waals surface area contributed by atoms with Gasteiger partial charge in [-0.15, -0.1) is 0 Å². The molecule has 2 fully saturated rings. The van der Waals surface area contributed by atoms with Crippen LogP contribution in [0.1, 0.15) is 58.1 Å². The molecule has 1 aromatic carbocycles. The van der Waals surface area contributed by atoms with Crippen molar-refractivity contribution in [3.63, 3.8) is 0 Å². The molecule has 0 spiro atoms. The van der Waals surface area contributed by atoms with Gasteiger partial charge < -0.3 is 5.32 Å². The highest BCUT2D eigenvalue weighted by atomic mass is 35.5. The zero-order valence-electron chi connectivity index (χ0n) is 17.3. The molecule has 1 N–H and O–H groups in total. The molecule has 0 bridgehead atoms. The molecule has 0 aromatic heterocycles. The van der Waals surface area contributed by atoms with Gasteiger partial charge in [-0.05, 0) is 44.2 Å². The first kappa shape index (κ1) is 20.9. The Hall–Kier alpha value is -0.870. The number of alkyl halides is 1. The van der Waals surface area contributed by atoms with Gasteiger partial charge in [-0.1, -0.05) is 60.9 Å². The zero-order chi connectivity index (χ0) is 19.3. The van der Waals surface area contributed by atoms with Crippen LogP contribution in [-0.2, 0) is 0 Å². The molecule has 2 atom stereocenters. The van der Waals surface area contributed by atoms with Crippen molar-refractivity contribution < 1.29 is 0 Å². The number of likely N-dealkylation sites (tertiary alicyclic amines) is 1. The van der Waals surface area contributed by atoms with Crippen LogP contribution in [0, 0.1) is 0 Å². The van der Waals surface area contributed by atoms with Crippen LogP contribution < -0.4 is 5.32 Å². The van der Waals surface area contributed by atoms with Gasteiger partial charge in [-0.25, -0.2) is 0 Å². The second kappa shape index (κ2) is 9.56. The fourth-order valence-corrected chi connectivity index (χ4v) is 5.12. The molecular weight excluding hydrogens is 354 g/mol. The molecule has 2 heterocycles. The molecule has 27 heavy (non-hydrogen) atoms. The average molecular weight is 390 g/mol. The lowest BCUT2D eigenvalue weighted by molar-refractivity contribution is 0.131. The van der Waals surface area contributed by atoms with E-state index in [0.717, 1.165) is 45.7 Å². The Morgan fingerprint density at radius 2 is 1.70 bits per heavy atom. The summed E-state index contributed by atoms with van der Waals surface area (Å²) >= 11 is 7.44. The van der Waals surface area contributed by atoms with Gasteiger partial charge in [0, 0.05) is 39.3 Å². The normalized spacial score (nSPS) is 24.1. The monoisotopic (exact) mass is 389 g/mol. The van der Waals surface area contributed by atoms with E-state index in [1.54, 1.807) is 0 Å². The van der Waals surface area contributed by atoms with Crippen LogP contribution in [0.25, 0.3) is 0 Å². The maximum absolute atomic E-state index is 7.44. The Morgan fingerprint density at radius 3 is 2.30 bits per heavy atom. The zero-order valence-corrected chi connectivity index (χ0v) is 18.1. The second-order valence-corrected chi connectivity index (χ2v) is 8.88. The van der Waals surface area contributed by atoms with Gasteiger partial charge in [0.2, 0.25) is 0 Å². The van der Waals surface area contributed by atoms with Crippen molar-refractivity contribution in [2.24, 2.45) is 0 Å². The molecule has 150 valence electrons. The smallest absolute Gasteiger partial charge is 0.117 e. The fraction of sp³-hybridized carbons (Fsp3) is 0.652. The van der Waals surface area contributed by atoms with Crippen LogP contribution in [0.15, 0.2) is 41.5 Å². The average Bonchev–Trinajstić information content (AvgIpc) is 2.73. The maximum atomic E-state index is 7.44. The molecule has 2 unspecified atom stereocenters. The van der Waals surface area contributed by atoms with E-state index >= 15 is 0 Å². The third kappa shape index (κ3) is 4.76. The molecule has 2 aliphatic rings. The second-order valence-electron chi connectivity index (χ2n) is 8.15. The van der Waals surface area contributed by atoms with E-state index in [1.165, 1.54) is 36.0 Å². The van der Waals surface area contributed by atoms with E-state index in [9.17, 15) is 0 Å². The van der Waals surface area contributed by atoms with Crippen molar-refractivity contribution in [1.82, 2.24) is 15.1 Å². The first-order valence-electron chi connectivity index (χ1n) is 10.7. The Balaban J connectivity index is 2.05. The first-order valence-corrected chi connectivity index (χ1v) is 11.1. The molecule has 3 nitrogen and oxygen atoms in total. The minimum absolute atomic E-state index is 0.248. The van der Waals surface area contributed by atoms with Crippen molar-refractivity contribution >= 4 is 11.6 Å². The predicted octanol–water partition coefficient (Wildman–Crippen LogP) is 4.80. The van der Waals surface area contributed by atoms with Crippen molar-refractivity contribution in [2.45, 2.75) is 57.5 Å². The number of rotatable bonds is 6. The number of piperazine rings is 1. The molecular formula is C23H36ClN3. The van der Waals surface area contributed by atoms with E-state index in [2.05, 4.69) is 66.2 Å². The first-order chi connectivity index (χ1) is 13.1. The summed E-state index contributed by atoms with van der Waals surface area (Å²) in [6.07, 6.45) is 4.88. The number of piperidine rings is 1. The lowest BCUT2D eigenvalue weighted by Gasteiger charge is -2.47. The van der Waals surface area contributed by atoms with Crippen LogP contribution in [0.4, 0.5) is 0 Å². The summed E-state index contributed by atoms with van der Waals surface area (Å²) in [5.74, 6) is 0. The largest absolute Gasteiger partial charge is 0.314 e. The minimum atomic E-state index is -0.439. The highest BCUT2D eigenvalue weighted by molar-refractivity contribution is 6.25. The maximum Gasteiger partial charge on any atom is 0.117 e. The third-order valence-corrected chi connectivity index (χ3v) is 6.78. The van der Waals surface area contributed by atoms with Gasteiger partial charge in [0.25, 0.3) is 0 Å². The summed E-state index contributed by atoms with van der Waals surface area (Å²) in [7, 11) is 0. The van der Waals surface area contributed by atoms with Gasteiger partial charge in [0.1, 0.15) is 5.00 Å². The van der Waals surface area contributed by atoms with E-state index in [4.69, 9.17) is 11.6 Å². The van der Waals surface area contributed by atoms with Crippen molar-refractivity contribution in [3.8, 4) is 0 Å². The molecule has 0 saturated carbocycles. The van der Waals surface area contributed by atoms with Gasteiger partial charge >= 0.3 is 0 Å². The van der Waals surface area contributed by atoms with E-state index in [0.29, 0.717) is 0 Å². The van der Waals surface area contributed by atoms with Crippen molar-refractivity contribution in [3.05, 3.63) is 47.0 Å². The highest BCUT2D eigenvalue weighted by Crippen LogP contribution is 2.44. The van der Waals surface area contributed by atoms with Crippen molar-refractivity contribution in [1.29, 1.82) is 0 Å². The number of hydrogen-bond acceptors (Lipinski definition) is 3. The Kier molecular flexibility index (Phi) is 7.38. The molecule has 2 saturated heterocycles. The SMILES string of the molecule is CC/C(C)=C(/C(c1ccccc1)N1CCNCC1)C(C)(Cl)N1CCCCC1. The van der Waals surface area contributed by atoms with Crippen molar-refractivity contribution in [2.75, 3.05) is 39.3 Å². The molecule has 0 aliphatic carbocycles. The summed E-state index contributed by atoms with van der Waals surface area (Å²) in [4.78, 5) is 4.71. The van der Waals surface area contributed by atoms with Gasteiger partial charge in [0.05, 0.1) is 6.04 Å². The number of allylic oxidation sites excluding steroid dienone is 1. The fourth-order valence-electron chi connectivity index (χ4n) is 4.68. The molecule has 2 aliphatic heterocycles. The Bertz CT molecular complexity index is 614. The molecule has 4 heteroatoms. The standard InChI is InChI=1S/C23H36ClN3/c1-4-19(2)21(23(3,24)27-15-9-6-10-16-27)22(20-11-7-5-8-12-20)26-17-13-25-14-18-26/h5,7-8,11-12,22,25H,4,6,9-10,13-18H2,1-3H3/b21-19-. The number of halogens is 1. The molecule has 1 aromatic rings. The predicted molar refractivity (Wildman–Crippen MR) is 116 cm³/mol. The minimum Gasteiger partial charge on any atom is -0.314 e. The summed E-state index contributed by atoms with van der Waals surface area (Å²) in [5, 5.41) is 3.50. The Labute approximate surface area is 170 Å². The number of nitrogens with one attached hydrogen (secondary N) is 1. The summed E-state index contributed by atoms with van der Waals surface area (Å²) < 4.78 is 0. The molecule has 0 amide bonds. The van der Waals surface area contributed by atoms with Gasteiger partial charge in [-0.3, -0.25) is 9.80 Å². The highest BCUT2D eigenvalue weighted by Gasteiger charge is 2.41. The lowest BCUT2D eigenvalue weighted by Crippen LogP contribution is -2.52. The topological polar surface area (TPSA) is 18.5 Å². The van der Waals surface area contributed by atoms with E-state index in [1.807, 2.05) is 0 Å². The molecule has 0 radical (unpaired) electrons.